The maximum atomic E-state index is 13.2. The molecule has 37 heavy (non-hydrogen) atoms. The summed E-state index contributed by atoms with van der Waals surface area (Å²) in [7, 11) is 3.47. The maximum Gasteiger partial charge on any atom is 0.248 e. The molecule has 210 valence electrons. The molecule has 1 aromatic rings. The molecule has 0 spiro atoms. The SMILES string of the molecule is COc1cc(C)c(S(=O)(=O)N(C)CCOCC(=O)N(C)C2CCC[C@H](CN3CCN(C)CC3)C2)c(C)c1. The Kier molecular flexibility index (Phi) is 10.8. The molecule has 10 heteroatoms. The van der Waals surface area contributed by atoms with E-state index in [1.165, 1.54) is 17.8 Å². The smallest absolute Gasteiger partial charge is 0.248 e. The van der Waals surface area contributed by atoms with Crippen LogP contribution in [-0.4, -0.2) is 120 Å². The number of nitrogens with zero attached hydrogens (tertiary/aromatic N) is 4. The quantitative estimate of drug-likeness (QED) is 0.400. The minimum Gasteiger partial charge on any atom is -0.497 e. The lowest BCUT2D eigenvalue weighted by Crippen LogP contribution is -2.48. The monoisotopic (exact) mass is 538 g/mol. The maximum absolute atomic E-state index is 13.2. The highest BCUT2D eigenvalue weighted by Gasteiger charge is 2.29. The van der Waals surface area contributed by atoms with E-state index in [2.05, 4.69) is 16.8 Å². The van der Waals surface area contributed by atoms with Crippen LogP contribution in [0.3, 0.4) is 0 Å². The molecule has 3 rings (SSSR count). The van der Waals surface area contributed by atoms with E-state index in [9.17, 15) is 13.2 Å². The molecule has 0 bridgehead atoms. The van der Waals surface area contributed by atoms with Gasteiger partial charge in [-0.2, -0.15) is 4.31 Å². The lowest BCUT2D eigenvalue weighted by molar-refractivity contribution is -0.137. The van der Waals surface area contributed by atoms with Gasteiger partial charge in [0.05, 0.1) is 18.6 Å². The van der Waals surface area contributed by atoms with Gasteiger partial charge >= 0.3 is 0 Å². The Morgan fingerprint density at radius 1 is 1.08 bits per heavy atom. The van der Waals surface area contributed by atoms with Gasteiger partial charge in [-0.1, -0.05) is 6.42 Å². The van der Waals surface area contributed by atoms with Crippen LogP contribution in [0.2, 0.25) is 0 Å². The fourth-order valence-electron chi connectivity index (χ4n) is 5.55. The van der Waals surface area contributed by atoms with E-state index in [0.29, 0.717) is 22.8 Å². The van der Waals surface area contributed by atoms with E-state index in [0.717, 1.165) is 52.0 Å². The van der Waals surface area contributed by atoms with Gasteiger partial charge in [-0.25, -0.2) is 8.42 Å². The van der Waals surface area contributed by atoms with Gasteiger partial charge in [-0.15, -0.1) is 0 Å². The summed E-state index contributed by atoms with van der Waals surface area (Å²) < 4.78 is 38.5. The number of hydrogen-bond donors (Lipinski definition) is 0. The van der Waals surface area contributed by atoms with E-state index in [4.69, 9.17) is 9.47 Å². The average molecular weight is 539 g/mol. The third kappa shape index (κ3) is 7.89. The van der Waals surface area contributed by atoms with E-state index >= 15 is 0 Å². The number of sulfonamides is 1. The normalized spacial score (nSPS) is 21.8. The molecule has 2 aliphatic rings. The fraction of sp³-hybridized carbons (Fsp3) is 0.741. The number of rotatable bonds is 11. The molecule has 2 fully saturated rings. The lowest BCUT2D eigenvalue weighted by Gasteiger charge is -2.39. The van der Waals surface area contributed by atoms with Gasteiger partial charge in [0.25, 0.3) is 0 Å². The van der Waals surface area contributed by atoms with Crippen LogP contribution in [0.25, 0.3) is 0 Å². The highest BCUT2D eigenvalue weighted by Crippen LogP contribution is 2.29. The van der Waals surface area contributed by atoms with Crippen LogP contribution in [0, 0.1) is 19.8 Å². The summed E-state index contributed by atoms with van der Waals surface area (Å²) in [6, 6.07) is 3.69. The van der Waals surface area contributed by atoms with Gasteiger partial charge in [0.15, 0.2) is 0 Å². The number of benzene rings is 1. The first-order valence-corrected chi connectivity index (χ1v) is 14.8. The van der Waals surface area contributed by atoms with Crippen LogP contribution in [0.4, 0.5) is 0 Å². The number of hydrogen-bond acceptors (Lipinski definition) is 7. The van der Waals surface area contributed by atoms with Crippen molar-refractivity contribution >= 4 is 15.9 Å². The molecule has 2 atom stereocenters. The second-order valence-corrected chi connectivity index (χ2v) is 12.7. The summed E-state index contributed by atoms with van der Waals surface area (Å²) in [5.74, 6) is 1.21. The average Bonchev–Trinajstić information content (AvgIpc) is 2.86. The summed E-state index contributed by atoms with van der Waals surface area (Å²) in [4.78, 5) is 19.9. The van der Waals surface area contributed by atoms with Gasteiger partial charge in [-0.05, 0) is 69.3 Å². The van der Waals surface area contributed by atoms with Gasteiger partial charge in [0, 0.05) is 59.4 Å². The molecule has 1 aliphatic carbocycles. The molecule has 1 aliphatic heterocycles. The highest BCUT2D eigenvalue weighted by atomic mass is 32.2. The Bertz CT molecular complexity index is 987. The Hall–Kier alpha value is -1.72. The van der Waals surface area contributed by atoms with Crippen LogP contribution >= 0.6 is 0 Å². The number of amides is 1. The molecular weight excluding hydrogens is 492 g/mol. The summed E-state index contributed by atoms with van der Waals surface area (Å²) in [5, 5.41) is 0. The molecule has 9 nitrogen and oxygen atoms in total. The van der Waals surface area contributed by atoms with Crippen molar-refractivity contribution < 1.29 is 22.7 Å². The summed E-state index contributed by atoms with van der Waals surface area (Å²) in [6.07, 6.45) is 4.45. The number of carbonyl (C=O) groups is 1. The van der Waals surface area contributed by atoms with Crippen molar-refractivity contribution in [2.45, 2.75) is 50.5 Å². The van der Waals surface area contributed by atoms with Gasteiger partial charge in [0.2, 0.25) is 15.9 Å². The minimum atomic E-state index is -3.69. The first-order valence-electron chi connectivity index (χ1n) is 13.4. The first-order chi connectivity index (χ1) is 17.5. The van der Waals surface area contributed by atoms with Gasteiger partial charge in [0.1, 0.15) is 12.4 Å². The van der Waals surface area contributed by atoms with Crippen molar-refractivity contribution in [3.05, 3.63) is 23.3 Å². The number of likely N-dealkylation sites (N-methyl/N-ethyl adjacent to an activating group) is 3. The molecule has 1 heterocycles. The number of piperazine rings is 1. The van der Waals surface area contributed by atoms with Gasteiger partial charge in [-0.3, -0.25) is 4.79 Å². The summed E-state index contributed by atoms with van der Waals surface area (Å²) >= 11 is 0. The molecule has 1 unspecified atom stereocenters. The standard InChI is InChI=1S/C27H46N4O5S/c1-21-16-25(35-6)17-22(2)27(21)37(33,34)29(4)14-15-36-20-26(32)30(5)24-9-7-8-23(18-24)19-31-12-10-28(3)11-13-31/h16-17,23-24H,7-15,18-20H2,1-6H3/t23-,24?/m0/s1. The summed E-state index contributed by atoms with van der Waals surface area (Å²) in [5.41, 5.74) is 1.28. The molecule has 0 radical (unpaired) electrons. The second-order valence-electron chi connectivity index (χ2n) is 10.8. The minimum absolute atomic E-state index is 0.0371. The Balaban J connectivity index is 1.44. The Morgan fingerprint density at radius 3 is 2.35 bits per heavy atom. The third-order valence-electron chi connectivity index (χ3n) is 7.92. The zero-order chi connectivity index (χ0) is 27.2. The zero-order valence-electron chi connectivity index (χ0n) is 23.5. The molecule has 1 saturated carbocycles. The van der Waals surface area contributed by atoms with Crippen LogP contribution in [0.15, 0.2) is 17.0 Å². The predicted octanol–water partition coefficient (Wildman–Crippen LogP) is 2.21. The predicted molar refractivity (Wildman–Crippen MR) is 146 cm³/mol. The van der Waals surface area contributed by atoms with Crippen LogP contribution in [-0.2, 0) is 19.6 Å². The first kappa shape index (κ1) is 29.8. The molecule has 1 saturated heterocycles. The topological polar surface area (TPSA) is 82.6 Å². The second kappa shape index (κ2) is 13.4. The van der Waals surface area contributed by atoms with Crippen molar-refractivity contribution in [2.75, 3.05) is 80.7 Å². The molecule has 1 amide bonds. The number of methoxy groups -OCH3 is 1. The van der Waals surface area contributed by atoms with Crippen LogP contribution in [0.5, 0.6) is 5.75 Å². The molecule has 1 aromatic carbocycles. The third-order valence-corrected chi connectivity index (χ3v) is 10.1. The number of ether oxygens (including phenoxy) is 2. The fourth-order valence-corrected chi connectivity index (χ4v) is 7.10. The number of aryl methyl sites for hydroxylation is 2. The molecular formula is C27H46N4O5S. The van der Waals surface area contributed by atoms with E-state index in [1.807, 2.05) is 11.9 Å². The lowest BCUT2D eigenvalue weighted by atomic mass is 9.84. The van der Waals surface area contributed by atoms with Crippen molar-refractivity contribution in [1.82, 2.24) is 19.0 Å². The Morgan fingerprint density at radius 2 is 1.73 bits per heavy atom. The van der Waals surface area contributed by atoms with Crippen molar-refractivity contribution in [3.63, 3.8) is 0 Å². The van der Waals surface area contributed by atoms with Crippen LogP contribution < -0.4 is 4.74 Å². The van der Waals surface area contributed by atoms with Crippen molar-refractivity contribution in [1.29, 1.82) is 0 Å². The van der Waals surface area contributed by atoms with Gasteiger partial charge < -0.3 is 24.2 Å². The van der Waals surface area contributed by atoms with Crippen molar-refractivity contribution in [2.24, 2.45) is 5.92 Å². The van der Waals surface area contributed by atoms with E-state index in [-0.39, 0.29) is 36.6 Å². The summed E-state index contributed by atoms with van der Waals surface area (Å²) in [6.45, 7) is 9.44. The van der Waals surface area contributed by atoms with E-state index in [1.54, 1.807) is 33.1 Å². The number of carbonyl (C=O) groups excluding carboxylic acids is 1. The van der Waals surface area contributed by atoms with Crippen LogP contribution in [0.1, 0.15) is 36.8 Å². The molecule has 0 aromatic heterocycles. The largest absolute Gasteiger partial charge is 0.497 e. The zero-order valence-corrected chi connectivity index (χ0v) is 24.3. The highest BCUT2D eigenvalue weighted by molar-refractivity contribution is 7.89. The Labute approximate surface area is 223 Å². The van der Waals surface area contributed by atoms with E-state index < -0.39 is 10.0 Å². The molecule has 0 N–H and O–H groups in total. The van der Waals surface area contributed by atoms with Crippen molar-refractivity contribution in [3.8, 4) is 5.75 Å².